The van der Waals surface area contributed by atoms with E-state index in [-0.39, 0.29) is 17.5 Å². The highest BCUT2D eigenvalue weighted by molar-refractivity contribution is 8.00. The Balaban J connectivity index is 1.48. The lowest BCUT2D eigenvalue weighted by Gasteiger charge is -2.05. The van der Waals surface area contributed by atoms with Crippen LogP contribution in [0.15, 0.2) is 65.3 Å². The molecule has 1 amide bonds. The van der Waals surface area contributed by atoms with Crippen molar-refractivity contribution in [2.45, 2.75) is 5.03 Å². The van der Waals surface area contributed by atoms with E-state index in [0.717, 1.165) is 21.1 Å². The molecule has 0 atom stereocenters. The summed E-state index contributed by atoms with van der Waals surface area (Å²) in [5, 5.41) is 10.0. The van der Waals surface area contributed by atoms with Gasteiger partial charge in [0.05, 0.1) is 16.1 Å². The summed E-state index contributed by atoms with van der Waals surface area (Å²) in [6, 6.07) is 11.6. The van der Waals surface area contributed by atoms with Gasteiger partial charge in [-0.2, -0.15) is 5.10 Å². The number of anilines is 1. The van der Waals surface area contributed by atoms with Gasteiger partial charge in [-0.25, -0.2) is 13.9 Å². The van der Waals surface area contributed by atoms with Gasteiger partial charge in [-0.15, -0.1) is 11.3 Å². The number of benzene rings is 1. The van der Waals surface area contributed by atoms with Gasteiger partial charge in [0, 0.05) is 18.1 Å². The van der Waals surface area contributed by atoms with Gasteiger partial charge in [0.25, 0.3) is 0 Å². The van der Waals surface area contributed by atoms with Crippen LogP contribution in [0.5, 0.6) is 0 Å². The van der Waals surface area contributed by atoms with Crippen LogP contribution in [-0.2, 0) is 4.79 Å². The lowest BCUT2D eigenvalue weighted by molar-refractivity contribution is -0.113. The summed E-state index contributed by atoms with van der Waals surface area (Å²) in [6.07, 6.45) is 3.45. The monoisotopic (exact) mass is 384 g/mol. The van der Waals surface area contributed by atoms with Crippen LogP contribution in [0.25, 0.3) is 16.1 Å². The number of hydrogen-bond acceptors (Lipinski definition) is 5. The molecule has 0 unspecified atom stereocenters. The molecule has 0 saturated carbocycles. The molecule has 4 rings (SSSR count). The van der Waals surface area contributed by atoms with Crippen molar-refractivity contribution < 1.29 is 9.18 Å². The zero-order chi connectivity index (χ0) is 17.9. The van der Waals surface area contributed by atoms with Gasteiger partial charge in [0.2, 0.25) is 5.91 Å². The molecule has 26 heavy (non-hydrogen) atoms. The van der Waals surface area contributed by atoms with Crippen molar-refractivity contribution in [3.05, 3.63) is 66.1 Å². The average molecular weight is 384 g/mol. The smallest absolute Gasteiger partial charge is 0.234 e. The highest BCUT2D eigenvalue weighted by Gasteiger charge is 2.12. The number of nitrogens with one attached hydrogen (secondary N) is 1. The van der Waals surface area contributed by atoms with E-state index in [0.29, 0.717) is 5.69 Å². The van der Waals surface area contributed by atoms with Crippen LogP contribution >= 0.6 is 23.1 Å². The minimum atomic E-state index is -0.337. The predicted molar refractivity (Wildman–Crippen MR) is 102 cm³/mol. The number of thiophene rings is 1. The number of carbonyl (C=O) groups is 1. The Labute approximate surface area is 156 Å². The van der Waals surface area contributed by atoms with Crippen LogP contribution in [0.1, 0.15) is 0 Å². The van der Waals surface area contributed by atoms with Crippen LogP contribution < -0.4 is 5.32 Å². The maximum absolute atomic E-state index is 12.9. The molecule has 8 heteroatoms. The van der Waals surface area contributed by atoms with Gasteiger partial charge < -0.3 is 5.32 Å². The summed E-state index contributed by atoms with van der Waals surface area (Å²) in [7, 11) is 0. The van der Waals surface area contributed by atoms with Crippen molar-refractivity contribution in [1.82, 2.24) is 14.6 Å². The number of thioether (sulfide) groups is 1. The molecule has 0 aliphatic heterocycles. The zero-order valence-electron chi connectivity index (χ0n) is 13.4. The van der Waals surface area contributed by atoms with E-state index < -0.39 is 0 Å². The second kappa shape index (κ2) is 7.27. The number of aromatic nitrogens is 3. The van der Waals surface area contributed by atoms with E-state index in [9.17, 15) is 9.18 Å². The van der Waals surface area contributed by atoms with Crippen LogP contribution in [-0.4, -0.2) is 26.3 Å². The topological polar surface area (TPSA) is 59.3 Å². The Morgan fingerprint density at radius 2 is 2.12 bits per heavy atom. The number of hydrogen-bond donors (Lipinski definition) is 1. The molecule has 3 heterocycles. The molecule has 1 N–H and O–H groups in total. The predicted octanol–water partition coefficient (Wildman–Crippen LogP) is 4.33. The maximum atomic E-state index is 12.9. The zero-order valence-corrected chi connectivity index (χ0v) is 15.1. The van der Waals surface area contributed by atoms with Gasteiger partial charge in [-0.05, 0) is 41.8 Å². The molecule has 3 aromatic heterocycles. The minimum Gasteiger partial charge on any atom is -0.325 e. The molecule has 0 aliphatic carbocycles. The Bertz CT molecular complexity index is 1040. The molecule has 0 saturated heterocycles. The Kier molecular flexibility index (Phi) is 4.68. The normalized spacial score (nSPS) is 11.0. The summed E-state index contributed by atoms with van der Waals surface area (Å²) in [5.74, 6) is -0.317. The van der Waals surface area contributed by atoms with E-state index in [1.165, 1.54) is 36.0 Å². The van der Waals surface area contributed by atoms with Crippen molar-refractivity contribution in [1.29, 1.82) is 0 Å². The highest BCUT2D eigenvalue weighted by atomic mass is 32.2. The van der Waals surface area contributed by atoms with Crippen LogP contribution in [0, 0.1) is 5.82 Å². The Hall–Kier alpha value is -2.71. The first-order valence-electron chi connectivity index (χ1n) is 7.75. The van der Waals surface area contributed by atoms with Gasteiger partial charge in [0.1, 0.15) is 16.5 Å². The number of rotatable bonds is 5. The largest absolute Gasteiger partial charge is 0.325 e. The molecule has 0 fully saturated rings. The van der Waals surface area contributed by atoms with Crippen molar-refractivity contribution in [2.24, 2.45) is 0 Å². The summed E-state index contributed by atoms with van der Waals surface area (Å²) < 4.78 is 14.7. The van der Waals surface area contributed by atoms with Crippen LogP contribution in [0.4, 0.5) is 10.1 Å². The number of nitrogens with zero attached hydrogens (tertiary/aromatic N) is 3. The summed E-state index contributed by atoms with van der Waals surface area (Å²) in [6.45, 7) is 0. The highest BCUT2D eigenvalue weighted by Crippen LogP contribution is 2.28. The lowest BCUT2D eigenvalue weighted by atomic mass is 10.3. The van der Waals surface area contributed by atoms with Crippen molar-refractivity contribution in [3.63, 3.8) is 0 Å². The van der Waals surface area contributed by atoms with Crippen molar-refractivity contribution >= 4 is 40.2 Å². The maximum Gasteiger partial charge on any atom is 0.234 e. The number of halogens is 1. The summed E-state index contributed by atoms with van der Waals surface area (Å²) >= 11 is 2.96. The third kappa shape index (κ3) is 3.61. The van der Waals surface area contributed by atoms with E-state index in [2.05, 4.69) is 15.4 Å². The third-order valence-corrected chi connectivity index (χ3v) is 5.48. The van der Waals surface area contributed by atoms with E-state index in [4.69, 9.17) is 0 Å². The fourth-order valence-electron chi connectivity index (χ4n) is 2.42. The molecule has 5 nitrogen and oxygen atoms in total. The average Bonchev–Trinajstić information content (AvgIpc) is 3.31. The molecule has 0 bridgehead atoms. The first-order valence-corrected chi connectivity index (χ1v) is 9.62. The minimum absolute atomic E-state index is 0.177. The standard InChI is InChI=1S/C18H13FN4OS2/c19-12-3-5-13(6-4-12)21-17(24)11-26-18-15-10-14(16-2-1-9-25-16)22-23(15)8-7-20-18/h1-10H,11H2,(H,21,24). The van der Waals surface area contributed by atoms with Gasteiger partial charge in [-0.1, -0.05) is 17.8 Å². The second-order valence-electron chi connectivity index (χ2n) is 5.41. The third-order valence-electron chi connectivity index (χ3n) is 3.60. The summed E-state index contributed by atoms with van der Waals surface area (Å²) in [5.41, 5.74) is 2.30. The van der Waals surface area contributed by atoms with Crippen LogP contribution in [0.3, 0.4) is 0 Å². The molecule has 130 valence electrons. The Morgan fingerprint density at radius 1 is 1.27 bits per heavy atom. The molecule has 0 spiro atoms. The molecular formula is C18H13FN4OS2. The molecule has 4 aromatic rings. The number of amides is 1. The lowest BCUT2D eigenvalue weighted by Crippen LogP contribution is -2.14. The number of carbonyl (C=O) groups excluding carboxylic acids is 1. The van der Waals surface area contributed by atoms with Gasteiger partial charge >= 0.3 is 0 Å². The molecular weight excluding hydrogens is 371 g/mol. The Morgan fingerprint density at radius 3 is 2.88 bits per heavy atom. The van der Waals surface area contributed by atoms with Gasteiger partial charge in [0.15, 0.2) is 0 Å². The van der Waals surface area contributed by atoms with E-state index in [1.54, 1.807) is 28.2 Å². The molecule has 0 aliphatic rings. The fraction of sp³-hybridized carbons (Fsp3) is 0.0556. The summed E-state index contributed by atoms with van der Waals surface area (Å²) in [4.78, 5) is 17.6. The van der Waals surface area contributed by atoms with Crippen LogP contribution in [0.2, 0.25) is 0 Å². The van der Waals surface area contributed by atoms with Crippen molar-refractivity contribution in [3.8, 4) is 10.6 Å². The first-order chi connectivity index (χ1) is 12.7. The number of fused-ring (bicyclic) bond motifs is 1. The van der Waals surface area contributed by atoms with E-state index >= 15 is 0 Å². The second-order valence-corrected chi connectivity index (χ2v) is 7.32. The fourth-order valence-corrected chi connectivity index (χ4v) is 3.88. The first kappa shape index (κ1) is 16.7. The van der Waals surface area contributed by atoms with Crippen molar-refractivity contribution in [2.75, 3.05) is 11.1 Å². The quantitative estimate of drug-likeness (QED) is 0.521. The molecule has 0 radical (unpaired) electrons. The molecule has 1 aromatic carbocycles. The van der Waals surface area contributed by atoms with E-state index in [1.807, 2.05) is 23.6 Å². The van der Waals surface area contributed by atoms with Gasteiger partial charge in [-0.3, -0.25) is 4.79 Å². The SMILES string of the molecule is O=C(CSc1nccn2nc(-c3cccs3)cc12)Nc1ccc(F)cc1.